The smallest absolute Gasteiger partial charge is 0.147 e. The molecule has 0 fully saturated rings. The third-order valence-electron chi connectivity index (χ3n) is 7.16. The highest BCUT2D eigenvalue weighted by Crippen LogP contribution is 2.23. The van der Waals surface area contributed by atoms with E-state index >= 15 is 0 Å². The van der Waals surface area contributed by atoms with E-state index in [0.29, 0.717) is 6.61 Å². The van der Waals surface area contributed by atoms with Gasteiger partial charge in [-0.3, -0.25) is 0 Å². The highest BCUT2D eigenvalue weighted by atomic mass is 16.5. The van der Waals surface area contributed by atoms with Crippen LogP contribution in [0.3, 0.4) is 0 Å². The Labute approximate surface area is 220 Å². The fourth-order valence-corrected chi connectivity index (χ4v) is 5.06. The van der Waals surface area contributed by atoms with E-state index in [9.17, 15) is 0 Å². The quantitative estimate of drug-likeness (QED) is 0.117. The number of aromatic nitrogens is 2. The molecule has 3 rings (SSSR count). The van der Waals surface area contributed by atoms with Gasteiger partial charge in [-0.1, -0.05) is 127 Å². The van der Waals surface area contributed by atoms with Crippen LogP contribution in [-0.2, 0) is 19.6 Å². The molecule has 0 spiro atoms. The fourth-order valence-electron chi connectivity index (χ4n) is 5.06. The second kappa shape index (κ2) is 17.0. The van der Waals surface area contributed by atoms with Crippen LogP contribution in [0.1, 0.15) is 108 Å². The molecule has 0 saturated carbocycles. The van der Waals surface area contributed by atoms with Gasteiger partial charge in [-0.05, 0) is 36.6 Å². The summed E-state index contributed by atoms with van der Waals surface area (Å²) in [6, 6.07) is 16.7. The van der Waals surface area contributed by atoms with Gasteiger partial charge in [-0.2, -0.15) is 0 Å². The van der Waals surface area contributed by atoms with Crippen molar-refractivity contribution >= 4 is 11.0 Å². The first-order valence-electron chi connectivity index (χ1n) is 14.6. The van der Waals surface area contributed by atoms with Crippen molar-refractivity contribution in [1.82, 2.24) is 9.55 Å². The summed E-state index contributed by atoms with van der Waals surface area (Å²) in [4.78, 5) is 4.91. The molecule has 0 radical (unpaired) electrons. The molecule has 0 N–H and O–H groups in total. The minimum Gasteiger partial charge on any atom is -0.485 e. The van der Waals surface area contributed by atoms with Gasteiger partial charge in [0, 0.05) is 6.54 Å². The van der Waals surface area contributed by atoms with Crippen LogP contribution in [0, 0.1) is 0 Å². The second-order valence-electron chi connectivity index (χ2n) is 10.2. The van der Waals surface area contributed by atoms with E-state index < -0.39 is 0 Å². The molecule has 0 aliphatic heterocycles. The minimum atomic E-state index is 0.488. The van der Waals surface area contributed by atoms with E-state index in [1.165, 1.54) is 101 Å². The van der Waals surface area contributed by atoms with Crippen molar-refractivity contribution in [3.8, 4) is 5.75 Å². The molecule has 0 amide bonds. The van der Waals surface area contributed by atoms with Crippen molar-refractivity contribution in [3.05, 3.63) is 72.6 Å². The molecule has 3 aromatic rings. The Morgan fingerprint density at radius 1 is 0.750 bits per heavy atom. The van der Waals surface area contributed by atoms with Crippen LogP contribution in [0.15, 0.2) is 61.2 Å². The number of nitrogens with zero attached hydrogens (tertiary/aromatic N) is 2. The first kappa shape index (κ1) is 28.0. The van der Waals surface area contributed by atoms with E-state index in [2.05, 4.69) is 54.5 Å². The Kier molecular flexibility index (Phi) is 13.2. The molecule has 3 nitrogen and oxygen atoms in total. The maximum Gasteiger partial charge on any atom is 0.147 e. The molecule has 1 heterocycles. The van der Waals surface area contributed by atoms with Crippen molar-refractivity contribution in [2.45, 2.75) is 116 Å². The van der Waals surface area contributed by atoms with Crippen LogP contribution in [0.5, 0.6) is 5.75 Å². The summed E-state index contributed by atoms with van der Waals surface area (Å²) in [7, 11) is 0. The van der Waals surface area contributed by atoms with Gasteiger partial charge in [0.1, 0.15) is 18.2 Å². The number of allylic oxidation sites excluding steroid dienone is 1. The highest BCUT2D eigenvalue weighted by Gasteiger charge is 2.12. The van der Waals surface area contributed by atoms with Crippen LogP contribution >= 0.6 is 0 Å². The van der Waals surface area contributed by atoms with Gasteiger partial charge in [0.05, 0.1) is 11.0 Å². The fraction of sp³-hybridized carbons (Fsp3) is 0.545. The molecule has 0 bridgehead atoms. The van der Waals surface area contributed by atoms with E-state index in [1.807, 2.05) is 18.2 Å². The van der Waals surface area contributed by atoms with Crippen molar-refractivity contribution in [2.75, 3.05) is 0 Å². The van der Waals surface area contributed by atoms with Crippen LogP contribution < -0.4 is 4.74 Å². The summed E-state index contributed by atoms with van der Waals surface area (Å²) in [6.07, 6.45) is 22.1. The lowest BCUT2D eigenvalue weighted by Crippen LogP contribution is -2.08. The summed E-state index contributed by atoms with van der Waals surface area (Å²) < 4.78 is 8.61. The number of para-hydroxylation sites is 3. The summed E-state index contributed by atoms with van der Waals surface area (Å²) in [6.45, 7) is 7.66. The Balaban J connectivity index is 1.38. The molecule has 0 unspecified atom stereocenters. The molecule has 0 aliphatic carbocycles. The van der Waals surface area contributed by atoms with Gasteiger partial charge < -0.3 is 9.30 Å². The van der Waals surface area contributed by atoms with Gasteiger partial charge in [-0.25, -0.2) is 4.98 Å². The van der Waals surface area contributed by atoms with E-state index in [0.717, 1.165) is 30.1 Å². The lowest BCUT2D eigenvalue weighted by atomic mass is 10.0. The number of hydrogen-bond acceptors (Lipinski definition) is 2. The second-order valence-corrected chi connectivity index (χ2v) is 10.2. The highest BCUT2D eigenvalue weighted by molar-refractivity contribution is 5.75. The third-order valence-corrected chi connectivity index (χ3v) is 7.16. The van der Waals surface area contributed by atoms with Crippen LogP contribution in [-0.4, -0.2) is 9.55 Å². The van der Waals surface area contributed by atoms with E-state index in [4.69, 9.17) is 9.72 Å². The Hall–Kier alpha value is -2.55. The van der Waals surface area contributed by atoms with Gasteiger partial charge in [0.2, 0.25) is 0 Å². The molecule has 2 aromatic carbocycles. The van der Waals surface area contributed by atoms with Gasteiger partial charge in [-0.15, -0.1) is 6.58 Å². The molecule has 1 aromatic heterocycles. The molecule has 0 saturated heterocycles. The number of benzene rings is 2. The zero-order valence-corrected chi connectivity index (χ0v) is 22.7. The maximum absolute atomic E-state index is 6.24. The van der Waals surface area contributed by atoms with E-state index in [1.54, 1.807) is 0 Å². The lowest BCUT2D eigenvalue weighted by Gasteiger charge is -2.12. The number of aryl methyl sites for hydroxylation is 1. The van der Waals surface area contributed by atoms with Gasteiger partial charge in [0.15, 0.2) is 0 Å². The summed E-state index contributed by atoms with van der Waals surface area (Å²) in [5, 5.41) is 0. The number of ether oxygens (including phenoxy) is 1. The standard InChI is InChI=1S/C33H48N2O/c1-3-5-6-7-8-9-10-11-12-13-14-15-16-21-27-35-31-25-19-18-24-30(31)34-33(35)28-36-32-26-20-17-23-29(32)22-4-2/h4,17-20,23-26H,2-3,5-16,21-22,27-28H2,1H3. The van der Waals surface area contributed by atoms with Gasteiger partial charge >= 0.3 is 0 Å². The van der Waals surface area contributed by atoms with Crippen LogP contribution in [0.4, 0.5) is 0 Å². The molecule has 0 atom stereocenters. The summed E-state index contributed by atoms with van der Waals surface area (Å²) >= 11 is 0. The SMILES string of the molecule is C=CCc1ccccc1OCc1nc2ccccc2n1CCCCCCCCCCCCCCCC. The average Bonchev–Trinajstić information content (AvgIpc) is 3.26. The van der Waals surface area contributed by atoms with Crippen LogP contribution in [0.2, 0.25) is 0 Å². The minimum absolute atomic E-state index is 0.488. The number of rotatable bonds is 20. The predicted octanol–water partition coefficient (Wildman–Crippen LogP) is 9.83. The number of imidazole rings is 1. The largest absolute Gasteiger partial charge is 0.485 e. The average molecular weight is 489 g/mol. The van der Waals surface area contributed by atoms with E-state index in [-0.39, 0.29) is 0 Å². The Morgan fingerprint density at radius 2 is 1.33 bits per heavy atom. The summed E-state index contributed by atoms with van der Waals surface area (Å²) in [5.74, 6) is 1.94. The molecular formula is C33H48N2O. The number of unbranched alkanes of at least 4 members (excludes halogenated alkanes) is 13. The van der Waals surface area contributed by atoms with Crippen molar-refractivity contribution in [3.63, 3.8) is 0 Å². The van der Waals surface area contributed by atoms with Crippen molar-refractivity contribution in [1.29, 1.82) is 0 Å². The first-order valence-corrected chi connectivity index (χ1v) is 14.6. The molecular weight excluding hydrogens is 440 g/mol. The normalized spacial score (nSPS) is 11.2. The summed E-state index contributed by atoms with van der Waals surface area (Å²) in [5.41, 5.74) is 3.44. The molecule has 196 valence electrons. The Bertz CT molecular complexity index is 1010. The zero-order valence-electron chi connectivity index (χ0n) is 22.7. The van der Waals surface area contributed by atoms with Gasteiger partial charge in [0.25, 0.3) is 0 Å². The maximum atomic E-state index is 6.24. The lowest BCUT2D eigenvalue weighted by molar-refractivity contribution is 0.287. The topological polar surface area (TPSA) is 27.1 Å². The molecule has 3 heteroatoms. The third kappa shape index (κ3) is 9.48. The zero-order chi connectivity index (χ0) is 25.3. The first-order chi connectivity index (χ1) is 17.8. The number of fused-ring (bicyclic) bond motifs is 1. The van der Waals surface area contributed by atoms with Crippen molar-refractivity contribution < 1.29 is 4.74 Å². The molecule has 36 heavy (non-hydrogen) atoms. The predicted molar refractivity (Wildman–Crippen MR) is 155 cm³/mol. The molecule has 0 aliphatic rings. The monoisotopic (exact) mass is 488 g/mol. The van der Waals surface area contributed by atoms with Crippen molar-refractivity contribution in [2.24, 2.45) is 0 Å². The number of hydrogen-bond donors (Lipinski definition) is 0. The van der Waals surface area contributed by atoms with Crippen LogP contribution in [0.25, 0.3) is 11.0 Å². The Morgan fingerprint density at radius 3 is 2.00 bits per heavy atom.